The normalized spacial score (nSPS) is 17.6. The van der Waals surface area contributed by atoms with Gasteiger partial charge in [0.1, 0.15) is 6.61 Å². The van der Waals surface area contributed by atoms with Crippen molar-refractivity contribution in [2.75, 3.05) is 32.8 Å². The fourth-order valence-electron chi connectivity index (χ4n) is 2.92. The van der Waals surface area contributed by atoms with Gasteiger partial charge in [-0.1, -0.05) is 37.3 Å². The summed E-state index contributed by atoms with van der Waals surface area (Å²) in [5.41, 5.74) is 6.50. The first-order valence-electron chi connectivity index (χ1n) is 8.93. The van der Waals surface area contributed by atoms with Crippen LogP contribution in [0.3, 0.4) is 0 Å². The molecule has 0 radical (unpaired) electrons. The van der Waals surface area contributed by atoms with Crippen molar-refractivity contribution in [3.8, 4) is 0 Å². The molecule has 1 atom stereocenters. The van der Waals surface area contributed by atoms with Crippen molar-refractivity contribution in [1.82, 2.24) is 4.90 Å². The number of nitrogens with zero attached hydrogens (tertiary/aromatic N) is 1. The molecular formula is C19H30N2O3. The number of hydrogen-bond donors (Lipinski definition) is 1. The molecule has 2 rings (SSSR count). The van der Waals surface area contributed by atoms with Crippen molar-refractivity contribution in [2.24, 2.45) is 11.7 Å². The van der Waals surface area contributed by atoms with Crippen molar-refractivity contribution >= 4 is 5.97 Å². The van der Waals surface area contributed by atoms with E-state index < -0.39 is 0 Å². The number of piperidine rings is 1. The number of ether oxygens (including phenoxy) is 2. The Labute approximate surface area is 145 Å². The average Bonchev–Trinajstić information content (AvgIpc) is 2.62. The molecule has 1 saturated heterocycles. The predicted molar refractivity (Wildman–Crippen MR) is 94.5 cm³/mol. The van der Waals surface area contributed by atoms with Gasteiger partial charge in [0.15, 0.2) is 0 Å². The highest BCUT2D eigenvalue weighted by Gasteiger charge is 2.23. The molecule has 2 N–H and O–H groups in total. The van der Waals surface area contributed by atoms with Crippen molar-refractivity contribution in [2.45, 2.75) is 38.9 Å². The largest absolute Gasteiger partial charge is 0.461 e. The van der Waals surface area contributed by atoms with Crippen molar-refractivity contribution in [3.05, 3.63) is 35.9 Å². The lowest BCUT2D eigenvalue weighted by molar-refractivity contribution is -0.150. The number of likely N-dealkylation sites (tertiary alicyclic amines) is 1. The van der Waals surface area contributed by atoms with E-state index >= 15 is 0 Å². The molecular weight excluding hydrogens is 304 g/mol. The lowest BCUT2D eigenvalue weighted by Crippen LogP contribution is -2.41. The zero-order valence-electron chi connectivity index (χ0n) is 14.7. The van der Waals surface area contributed by atoms with Gasteiger partial charge in [-0.15, -0.1) is 0 Å². The van der Waals surface area contributed by atoms with Crippen LogP contribution in [0.1, 0.15) is 31.7 Å². The summed E-state index contributed by atoms with van der Waals surface area (Å²) in [5.74, 6) is -0.233. The first kappa shape index (κ1) is 18.9. The number of carbonyl (C=O) groups excluding carboxylic acids is 1. The maximum absolute atomic E-state index is 12.1. The maximum atomic E-state index is 12.1. The Hall–Kier alpha value is -1.43. The lowest BCUT2D eigenvalue weighted by atomic mass is 10.1. The molecule has 1 aliphatic rings. The highest BCUT2D eigenvalue weighted by Crippen LogP contribution is 2.16. The standard InChI is InChI=1S/C19H30N2O3/c1-16(19(22)24-15-17-6-3-2-4-7-17)14-21-11-8-18(9-12-21)23-13-5-10-20/h2-4,6-7,16,18H,5,8-15,20H2,1H3. The molecule has 1 fully saturated rings. The number of benzene rings is 1. The Morgan fingerprint density at radius 2 is 2.00 bits per heavy atom. The number of esters is 1. The van der Waals surface area contributed by atoms with Gasteiger partial charge in [0.05, 0.1) is 12.0 Å². The first-order chi connectivity index (χ1) is 11.7. The van der Waals surface area contributed by atoms with E-state index in [0.29, 0.717) is 19.3 Å². The van der Waals surface area contributed by atoms with E-state index in [1.54, 1.807) is 0 Å². The second-order valence-corrected chi connectivity index (χ2v) is 6.51. The molecule has 1 aromatic rings. The van der Waals surface area contributed by atoms with Crippen LogP contribution in [0.25, 0.3) is 0 Å². The van der Waals surface area contributed by atoms with Gasteiger partial charge in [0.25, 0.3) is 0 Å². The molecule has 5 heteroatoms. The van der Waals surface area contributed by atoms with Gasteiger partial charge >= 0.3 is 5.97 Å². The SMILES string of the molecule is CC(CN1CCC(OCCCN)CC1)C(=O)OCc1ccccc1. The van der Waals surface area contributed by atoms with Crippen LogP contribution in [-0.2, 0) is 20.9 Å². The monoisotopic (exact) mass is 334 g/mol. The average molecular weight is 334 g/mol. The van der Waals surface area contributed by atoms with Gasteiger partial charge < -0.3 is 20.1 Å². The smallest absolute Gasteiger partial charge is 0.310 e. The quantitative estimate of drug-likeness (QED) is 0.554. The van der Waals surface area contributed by atoms with E-state index in [0.717, 1.165) is 51.1 Å². The molecule has 0 saturated carbocycles. The van der Waals surface area contributed by atoms with Gasteiger partial charge in [-0.2, -0.15) is 0 Å². The molecule has 0 amide bonds. The zero-order chi connectivity index (χ0) is 17.2. The third kappa shape index (κ3) is 6.59. The summed E-state index contributed by atoms with van der Waals surface area (Å²) in [6.07, 6.45) is 3.31. The first-order valence-corrected chi connectivity index (χ1v) is 8.93. The Balaban J connectivity index is 1.63. The minimum absolute atomic E-state index is 0.108. The van der Waals surface area contributed by atoms with E-state index in [4.69, 9.17) is 15.2 Å². The van der Waals surface area contributed by atoms with Crippen LogP contribution < -0.4 is 5.73 Å². The zero-order valence-corrected chi connectivity index (χ0v) is 14.7. The fourth-order valence-corrected chi connectivity index (χ4v) is 2.92. The molecule has 1 unspecified atom stereocenters. The minimum atomic E-state index is -0.125. The summed E-state index contributed by atoms with van der Waals surface area (Å²) in [6.45, 7) is 6.43. The summed E-state index contributed by atoms with van der Waals surface area (Å²) in [4.78, 5) is 14.5. The number of nitrogens with two attached hydrogens (primary N) is 1. The molecule has 134 valence electrons. The maximum Gasteiger partial charge on any atom is 0.310 e. The number of rotatable bonds is 9. The molecule has 1 aliphatic heterocycles. The van der Waals surface area contributed by atoms with Crippen LogP contribution in [0.2, 0.25) is 0 Å². The van der Waals surface area contributed by atoms with Crippen LogP contribution >= 0.6 is 0 Å². The molecule has 0 aliphatic carbocycles. The predicted octanol–water partition coefficient (Wildman–Crippen LogP) is 2.20. The third-order valence-electron chi connectivity index (χ3n) is 4.39. The van der Waals surface area contributed by atoms with Gasteiger partial charge in [0.2, 0.25) is 0 Å². The Kier molecular flexibility index (Phi) is 8.22. The highest BCUT2D eigenvalue weighted by atomic mass is 16.5. The number of carbonyl (C=O) groups is 1. The summed E-state index contributed by atoms with van der Waals surface area (Å²) in [7, 11) is 0. The third-order valence-corrected chi connectivity index (χ3v) is 4.39. The second kappa shape index (κ2) is 10.4. The summed E-state index contributed by atoms with van der Waals surface area (Å²) in [6, 6.07) is 9.79. The van der Waals surface area contributed by atoms with E-state index in [-0.39, 0.29) is 11.9 Å². The number of hydrogen-bond acceptors (Lipinski definition) is 5. The molecule has 24 heavy (non-hydrogen) atoms. The molecule has 0 spiro atoms. The molecule has 0 aromatic heterocycles. The highest BCUT2D eigenvalue weighted by molar-refractivity contribution is 5.72. The summed E-state index contributed by atoms with van der Waals surface area (Å²) >= 11 is 0. The molecule has 1 aromatic carbocycles. The van der Waals surface area contributed by atoms with E-state index in [1.807, 2.05) is 37.3 Å². The summed E-state index contributed by atoms with van der Waals surface area (Å²) < 4.78 is 11.2. The van der Waals surface area contributed by atoms with Crippen molar-refractivity contribution in [3.63, 3.8) is 0 Å². The Morgan fingerprint density at radius 3 is 2.67 bits per heavy atom. The van der Waals surface area contributed by atoms with E-state index in [9.17, 15) is 4.79 Å². The van der Waals surface area contributed by atoms with Crippen LogP contribution in [0.15, 0.2) is 30.3 Å². The van der Waals surface area contributed by atoms with Gasteiger partial charge in [0, 0.05) is 26.2 Å². The Morgan fingerprint density at radius 1 is 1.29 bits per heavy atom. The van der Waals surface area contributed by atoms with Gasteiger partial charge in [-0.25, -0.2) is 0 Å². The molecule has 0 bridgehead atoms. The Bertz CT molecular complexity index is 473. The van der Waals surface area contributed by atoms with Crippen molar-refractivity contribution < 1.29 is 14.3 Å². The van der Waals surface area contributed by atoms with Crippen LogP contribution in [-0.4, -0.2) is 49.8 Å². The van der Waals surface area contributed by atoms with Crippen molar-refractivity contribution in [1.29, 1.82) is 0 Å². The molecule has 1 heterocycles. The van der Waals surface area contributed by atoms with Gasteiger partial charge in [-0.05, 0) is 31.4 Å². The fraction of sp³-hybridized carbons (Fsp3) is 0.632. The lowest BCUT2D eigenvalue weighted by Gasteiger charge is -2.33. The van der Waals surface area contributed by atoms with Crippen LogP contribution in [0, 0.1) is 5.92 Å². The van der Waals surface area contributed by atoms with Gasteiger partial charge in [-0.3, -0.25) is 4.79 Å². The van der Waals surface area contributed by atoms with Crippen LogP contribution in [0.5, 0.6) is 0 Å². The molecule has 5 nitrogen and oxygen atoms in total. The van der Waals surface area contributed by atoms with E-state index in [1.165, 1.54) is 0 Å². The summed E-state index contributed by atoms with van der Waals surface area (Å²) in [5, 5.41) is 0. The van der Waals surface area contributed by atoms with Crippen LogP contribution in [0.4, 0.5) is 0 Å². The van der Waals surface area contributed by atoms with E-state index in [2.05, 4.69) is 4.90 Å². The minimum Gasteiger partial charge on any atom is -0.461 e. The topological polar surface area (TPSA) is 64.8 Å². The second-order valence-electron chi connectivity index (χ2n) is 6.51.